The maximum absolute atomic E-state index is 15.2. The number of nitrogens with one attached hydrogen (secondary N) is 5. The number of aromatic hydroxyl groups is 1. The number of likely N-dealkylation sites (N-methyl/N-ethyl adjacent to an activating group) is 2. The maximum Gasteiger partial charge on any atom is 0.490 e. The lowest BCUT2D eigenvalue weighted by Crippen LogP contribution is -2.62. The molecule has 10 atom stereocenters. The van der Waals surface area contributed by atoms with Gasteiger partial charge in [0.15, 0.2) is 18.1 Å². The number of piperazine rings is 1. The number of carboxylic acids is 1. The van der Waals surface area contributed by atoms with Crippen LogP contribution in [0.5, 0.6) is 5.75 Å². The van der Waals surface area contributed by atoms with E-state index in [1.807, 2.05) is 7.05 Å². The molecule has 0 unspecified atom stereocenters. The van der Waals surface area contributed by atoms with Gasteiger partial charge in [0.05, 0.1) is 49.6 Å². The summed E-state index contributed by atoms with van der Waals surface area (Å²) >= 11 is 4.60. The fourth-order valence-electron chi connectivity index (χ4n) is 12.9. The molecule has 35 nitrogen and oxygen atoms in total. The number of carboxylic acid groups (broad SMARTS) is 1. The van der Waals surface area contributed by atoms with Crippen molar-refractivity contribution < 1.29 is 110 Å². The lowest BCUT2D eigenvalue weighted by Gasteiger charge is -2.48. The van der Waals surface area contributed by atoms with Crippen molar-refractivity contribution in [3.63, 3.8) is 0 Å². The summed E-state index contributed by atoms with van der Waals surface area (Å²) in [5.74, 6) is -10.0. The number of carbonyl (C=O) groups is 9. The zero-order valence-corrected chi connectivity index (χ0v) is 63.3. The zero-order chi connectivity index (χ0) is 79.1. The molecule has 1 aromatic carbocycles. The van der Waals surface area contributed by atoms with Gasteiger partial charge in [0, 0.05) is 76.0 Å². The number of nitrogens with zero attached hydrogens (tertiary/aromatic N) is 10. The van der Waals surface area contributed by atoms with E-state index < -0.39 is 145 Å². The van der Waals surface area contributed by atoms with E-state index in [-0.39, 0.29) is 117 Å². The summed E-state index contributed by atoms with van der Waals surface area (Å²) in [5.41, 5.74) is -2.53. The molecule has 0 radical (unpaired) electrons. The van der Waals surface area contributed by atoms with Crippen LogP contribution in [0.2, 0.25) is 0 Å². The third-order valence-electron chi connectivity index (χ3n) is 18.3. The van der Waals surface area contributed by atoms with Crippen molar-refractivity contribution in [2.75, 3.05) is 67.6 Å². The molecule has 12 heterocycles. The number of esters is 2. The average Bonchev–Trinajstić information content (AvgIpc) is 1.58. The van der Waals surface area contributed by atoms with Gasteiger partial charge in [-0.3, -0.25) is 28.8 Å². The molecule has 12 bridgehead atoms. The summed E-state index contributed by atoms with van der Waals surface area (Å²) in [6.45, 7) is 6.34. The van der Waals surface area contributed by atoms with Gasteiger partial charge in [0.1, 0.15) is 120 Å². The number of cyclic esters (lactones) is 2. The van der Waals surface area contributed by atoms with E-state index in [2.05, 4.69) is 46.4 Å². The first-order valence-corrected chi connectivity index (χ1v) is 37.8. The summed E-state index contributed by atoms with van der Waals surface area (Å²) in [4.78, 5) is 159. The Bertz CT molecular complexity index is 4950. The molecule has 6 amide bonds. The highest BCUT2D eigenvalue weighted by molar-refractivity contribution is 7.14. The van der Waals surface area contributed by atoms with E-state index in [9.17, 15) is 52.9 Å². The number of rotatable bonds is 9. The minimum absolute atomic E-state index is 0.00345. The standard InChI is InChI=1S/C65H69N15O18S5.C2HF3O2/c1-27(81)44-57(88)75-45(28(2)93-8)60-71-38(26-101-60)56(87)76-48-50-51(98-42-17-65(4,91)52(77(5)6)29(3)97-42)64(90)95-19-30-10-9-11-39-43(30)32(20-94-50)49(80(39)92)63(89)96-21-33(67-54(85)36-25-103-62(48)72-36)59-68-34(22-100-59)46-31(58-69-37(24-99-58)55(86)74-44)16-40(82)47(73-46)61-70-35(23-102-61)53(84)66-18-41(83)79-14-12-78(7)13-15-79;3-2(4,5)1(6)7/h9-11,16,22-27,29,33,42,44,48,50-52,81-82,91-92H,12-15,17-21H2,1-8H3,(H,66,84)(H,67,85)(H,74,86)(H,75,88)(H,76,87);(H,6,7)/b45-28+;/t27-,29+,33+,42+,44+,48+,50+,51+,52-,65+;/m1./s1. The molecule has 2 fully saturated rings. The second-order valence-corrected chi connectivity index (χ2v) is 30.6. The SMILES string of the molecule is CO/C(C)=C1/NC(=O)[C@H]([C@@H](C)O)NC(=O)c2csc(n2)-c2cc(O)c(-c3nc(C(=O)NCC(=O)N4CCN(C)CC4)cs3)nc2-c2csc(n2)[C@@H]2COC(=O)c3c4c5c(cccc5n3O)COC(=O)[C@@H](O[C@H]3C[C@](C)(O)[C@H](N(C)C)[C@H](C)O3)[C@@H](OC4)[C@H](NC(=O)c3csc1n3)c1nc(cs1)C(=O)N2.O=C(O)C(F)(F)F. The average molecular weight is 1620 g/mol. The smallest absolute Gasteiger partial charge is 0.490 e. The molecular formula is C67H70F3N15O20S5. The molecule has 7 aromatic heterocycles. The number of carbonyl (C=O) groups excluding carboxylic acids is 8. The number of alkyl halides is 3. The van der Waals surface area contributed by atoms with Crippen LogP contribution in [0.15, 0.2) is 56.9 Å². The predicted octanol–water partition coefficient (Wildman–Crippen LogP) is 4.30. The van der Waals surface area contributed by atoms with Crippen molar-refractivity contribution in [3.8, 4) is 38.4 Å². The van der Waals surface area contributed by atoms with Gasteiger partial charge in [-0.1, -0.05) is 12.1 Å². The topological polar surface area (TPSA) is 462 Å². The zero-order valence-electron chi connectivity index (χ0n) is 59.3. The van der Waals surface area contributed by atoms with Crippen LogP contribution in [0.1, 0.15) is 125 Å². The highest BCUT2D eigenvalue weighted by atomic mass is 32.1. The first kappa shape index (κ1) is 79.5. The molecule has 110 heavy (non-hydrogen) atoms. The van der Waals surface area contributed by atoms with E-state index in [1.165, 1.54) is 54.6 Å². The number of amides is 6. The summed E-state index contributed by atoms with van der Waals surface area (Å²) in [7, 11) is 6.81. The van der Waals surface area contributed by atoms with E-state index in [1.54, 1.807) is 55.3 Å². The molecule has 0 saturated carbocycles. The van der Waals surface area contributed by atoms with E-state index >= 15 is 19.2 Å². The maximum atomic E-state index is 15.2. The number of allylic oxidation sites excluding steroid dienone is 1. The molecule has 2 saturated heterocycles. The van der Waals surface area contributed by atoms with Crippen molar-refractivity contribution in [1.29, 1.82) is 0 Å². The largest absolute Gasteiger partial charge is 0.506 e. The Balaban J connectivity index is 0.00000153. The van der Waals surface area contributed by atoms with Crippen molar-refractivity contribution in [2.45, 2.75) is 114 Å². The third-order valence-corrected chi connectivity index (χ3v) is 22.7. The van der Waals surface area contributed by atoms with Gasteiger partial charge in [-0.25, -0.2) is 44.3 Å². The van der Waals surface area contributed by atoms with Crippen LogP contribution in [0.3, 0.4) is 0 Å². The number of ether oxygens (including phenoxy) is 6. The summed E-state index contributed by atoms with van der Waals surface area (Å²) in [5, 5.41) is 75.5. The number of aliphatic hydroxyl groups excluding tert-OH is 1. The first-order valence-electron chi connectivity index (χ1n) is 33.4. The van der Waals surface area contributed by atoms with Crippen LogP contribution in [0.4, 0.5) is 13.2 Å². The Kier molecular flexibility index (Phi) is 23.5. The number of halogens is 3. The van der Waals surface area contributed by atoms with Crippen LogP contribution in [-0.2, 0) is 60.8 Å². The monoisotopic (exact) mass is 1620 g/mol. The molecule has 0 aliphatic carbocycles. The normalized spacial score (nSPS) is 23.7. The molecule has 5 aliphatic rings. The number of hydrogen-bond acceptors (Lipinski definition) is 32. The number of aliphatic carboxylic acids is 1. The predicted molar refractivity (Wildman–Crippen MR) is 384 cm³/mol. The minimum atomic E-state index is -5.08. The summed E-state index contributed by atoms with van der Waals surface area (Å²) < 4.78 is 70.1. The van der Waals surface area contributed by atoms with Crippen LogP contribution < -0.4 is 26.6 Å². The van der Waals surface area contributed by atoms with Crippen molar-refractivity contribution in [3.05, 3.63) is 112 Å². The Hall–Kier alpha value is -10.1. The van der Waals surface area contributed by atoms with Gasteiger partial charge in [0.25, 0.3) is 23.6 Å². The Morgan fingerprint density at radius 1 is 0.827 bits per heavy atom. The fraction of sp³-hybridized carbons (Fsp3) is 0.418. The first-order chi connectivity index (χ1) is 52.2. The van der Waals surface area contributed by atoms with Crippen LogP contribution >= 0.6 is 56.7 Å². The lowest BCUT2D eigenvalue weighted by atomic mass is 9.85. The minimum Gasteiger partial charge on any atom is -0.506 e. The van der Waals surface area contributed by atoms with Gasteiger partial charge in [-0.2, -0.15) is 17.9 Å². The molecule has 5 aliphatic heterocycles. The number of hydrogen-bond donors (Lipinski definition) is 10. The highest BCUT2D eigenvalue weighted by Gasteiger charge is 2.50. The quantitative estimate of drug-likeness (QED) is 0.0547. The second kappa shape index (κ2) is 32.5. The van der Waals surface area contributed by atoms with Gasteiger partial charge in [-0.05, 0) is 66.5 Å². The van der Waals surface area contributed by atoms with E-state index in [0.29, 0.717) is 36.5 Å². The molecule has 10 N–H and O–H groups in total. The molecule has 584 valence electrons. The van der Waals surface area contributed by atoms with Gasteiger partial charge < -0.3 is 95.3 Å². The Morgan fingerprint density at radius 2 is 1.46 bits per heavy atom. The van der Waals surface area contributed by atoms with Gasteiger partial charge in [0.2, 0.25) is 11.8 Å². The van der Waals surface area contributed by atoms with Crippen molar-refractivity contribution in [2.24, 2.45) is 0 Å². The number of methoxy groups -OCH3 is 1. The summed E-state index contributed by atoms with van der Waals surface area (Å²) in [6.07, 6.45) is -12.6. The number of aliphatic hydroxyl groups is 2. The molecule has 43 heteroatoms. The van der Waals surface area contributed by atoms with Gasteiger partial charge >= 0.3 is 24.1 Å². The number of thiazole rings is 5. The number of fused-ring (bicyclic) bond motifs is 15. The number of aromatic nitrogens is 7. The molecule has 13 rings (SSSR count). The fourth-order valence-corrected chi connectivity index (χ4v) is 17.1. The third kappa shape index (κ3) is 16.8. The molecular weight excluding hydrogens is 1550 g/mol. The highest BCUT2D eigenvalue weighted by Crippen LogP contribution is 2.43. The number of benzene rings is 1. The Labute approximate surface area is 640 Å². The van der Waals surface area contributed by atoms with Gasteiger partial charge in [-0.15, -0.1) is 56.7 Å². The Morgan fingerprint density at radius 3 is 2.15 bits per heavy atom. The van der Waals surface area contributed by atoms with E-state index in [0.717, 1.165) is 56.7 Å². The molecule has 0 spiro atoms. The van der Waals surface area contributed by atoms with E-state index in [4.69, 9.17) is 53.3 Å². The summed E-state index contributed by atoms with van der Waals surface area (Å²) in [6, 6.07) is 0.728. The number of pyridine rings is 1. The van der Waals surface area contributed by atoms with Crippen molar-refractivity contribution >= 4 is 127 Å². The second-order valence-electron chi connectivity index (χ2n) is 26.2. The van der Waals surface area contributed by atoms with Crippen LogP contribution in [0.25, 0.3) is 49.3 Å². The van der Waals surface area contributed by atoms with Crippen LogP contribution in [-0.4, -0.2) is 250 Å². The van der Waals surface area contributed by atoms with Crippen LogP contribution in [0, 0.1) is 0 Å². The van der Waals surface area contributed by atoms with Crippen molar-refractivity contribution in [1.82, 2.24) is 75.9 Å². The molecule has 8 aromatic rings. The lowest BCUT2D eigenvalue weighted by molar-refractivity contribution is -0.280.